The Morgan fingerprint density at radius 3 is 2.15 bits per heavy atom. The first-order chi connectivity index (χ1) is 22.2. The van der Waals surface area contributed by atoms with Crippen LogP contribution in [0.1, 0.15) is 87.8 Å². The zero-order valence-corrected chi connectivity index (χ0v) is 34.4. The maximum atomic E-state index is 13.0. The highest BCUT2D eigenvalue weighted by Crippen LogP contribution is 2.52. The number of aliphatic imine (C=N–C) groups is 1. The van der Waals surface area contributed by atoms with Gasteiger partial charge in [0.1, 0.15) is 32.1 Å². The van der Waals surface area contributed by atoms with Gasteiger partial charge in [-0.3, -0.25) is 15.1 Å². The summed E-state index contributed by atoms with van der Waals surface area (Å²) in [6.07, 6.45) is -0.671. The lowest BCUT2D eigenvalue weighted by Gasteiger charge is -2.52. The Morgan fingerprint density at radius 2 is 1.62 bits per heavy atom. The quantitative estimate of drug-likeness (QED) is 0.214. The second-order valence-corrected chi connectivity index (χ2v) is 29.5. The van der Waals surface area contributed by atoms with Gasteiger partial charge in [-0.05, 0) is 29.1 Å². The number of amides is 1. The van der Waals surface area contributed by atoms with E-state index in [0.717, 1.165) is 0 Å². The molecule has 0 spiro atoms. The Kier molecular flexibility index (Phi) is 11.6. The third kappa shape index (κ3) is 7.25. The van der Waals surface area contributed by atoms with E-state index in [-0.39, 0.29) is 52.4 Å². The van der Waals surface area contributed by atoms with Crippen LogP contribution in [0, 0.1) is 17.4 Å². The van der Waals surface area contributed by atoms with Crippen LogP contribution < -0.4 is 10.1 Å². The Balaban J connectivity index is 1.91. The van der Waals surface area contributed by atoms with Crippen molar-refractivity contribution in [3.63, 3.8) is 0 Å². The predicted octanol–water partition coefficient (Wildman–Crippen LogP) is 6.61. The molecular formula is C34H58N4O7Si3. The largest absolute Gasteiger partial charge is 0.476 e. The van der Waals surface area contributed by atoms with Crippen LogP contribution in [-0.4, -0.2) is 89.5 Å². The molecule has 2 N–H and O–H groups in total. The first kappa shape index (κ1) is 38.8. The van der Waals surface area contributed by atoms with Gasteiger partial charge >= 0.3 is 17.1 Å². The molecule has 3 aliphatic heterocycles. The zero-order valence-electron chi connectivity index (χ0n) is 31.4. The fraction of sp³-hybridized carbons (Fsp3) is 0.765. The van der Waals surface area contributed by atoms with E-state index in [4.69, 9.17) is 27.4 Å². The molecule has 5 atom stereocenters. The van der Waals surface area contributed by atoms with Crippen LogP contribution in [0.4, 0.5) is 11.6 Å². The van der Waals surface area contributed by atoms with E-state index in [9.17, 15) is 9.90 Å². The van der Waals surface area contributed by atoms with Crippen LogP contribution in [0.2, 0.25) is 41.8 Å². The van der Waals surface area contributed by atoms with Gasteiger partial charge in [-0.1, -0.05) is 94.8 Å². The number of aromatic nitrogens is 2. The summed E-state index contributed by atoms with van der Waals surface area (Å²) < 4.78 is 34.5. The second kappa shape index (κ2) is 14.3. The molecule has 48 heavy (non-hydrogen) atoms. The summed E-state index contributed by atoms with van der Waals surface area (Å²) in [6, 6.07) is 0. The lowest BCUT2D eigenvalue weighted by atomic mass is 9.83. The highest BCUT2D eigenvalue weighted by molar-refractivity contribution is 6.84. The van der Waals surface area contributed by atoms with E-state index in [0.29, 0.717) is 18.0 Å². The molecule has 2 fully saturated rings. The van der Waals surface area contributed by atoms with Gasteiger partial charge < -0.3 is 27.5 Å². The van der Waals surface area contributed by atoms with Crippen LogP contribution in [0.15, 0.2) is 4.99 Å². The average molecular weight is 719 g/mol. The lowest BCUT2D eigenvalue weighted by Crippen LogP contribution is -2.67. The molecule has 11 nitrogen and oxygen atoms in total. The molecule has 4 heterocycles. The van der Waals surface area contributed by atoms with Crippen molar-refractivity contribution in [3.8, 4) is 17.3 Å². The van der Waals surface area contributed by atoms with E-state index in [1.807, 2.05) is 6.92 Å². The summed E-state index contributed by atoms with van der Waals surface area (Å²) in [6.45, 7) is 29.7. The van der Waals surface area contributed by atoms with Gasteiger partial charge in [0.25, 0.3) is 0 Å². The van der Waals surface area contributed by atoms with Gasteiger partial charge in [0, 0.05) is 12.1 Å². The fourth-order valence-electron chi connectivity index (χ4n) is 6.81. The first-order valence-electron chi connectivity index (χ1n) is 17.6. The van der Waals surface area contributed by atoms with E-state index in [2.05, 4.69) is 102 Å². The maximum Gasteiger partial charge on any atom is 0.335 e. The molecule has 4 rings (SSSR count). The van der Waals surface area contributed by atoms with Crippen LogP contribution in [0.5, 0.6) is 5.88 Å². The molecule has 1 aromatic rings. The summed E-state index contributed by atoms with van der Waals surface area (Å²) in [4.78, 5) is 26.6. The number of fused-ring (bicyclic) bond motifs is 2. The van der Waals surface area contributed by atoms with Crippen LogP contribution in [0.3, 0.4) is 0 Å². The number of carbonyl (C=O) groups is 1. The van der Waals surface area contributed by atoms with Crippen molar-refractivity contribution in [2.75, 3.05) is 18.5 Å². The number of anilines is 1. The van der Waals surface area contributed by atoms with Gasteiger partial charge in [-0.2, -0.15) is 4.98 Å². The molecule has 14 heteroatoms. The summed E-state index contributed by atoms with van der Waals surface area (Å²) in [7, 11) is -7.95. The number of hydrogen-bond acceptors (Lipinski definition) is 10. The molecular weight excluding hydrogens is 661 g/mol. The normalized spacial score (nSPS) is 27.9. The number of carbonyl (C=O) groups excluding carboxylic acids is 1. The minimum absolute atomic E-state index is 0.0554. The molecule has 3 aliphatic rings. The fourth-order valence-corrected chi connectivity index (χ4v) is 18.6. The van der Waals surface area contributed by atoms with E-state index in [1.54, 1.807) is 20.1 Å². The Morgan fingerprint density at radius 1 is 1.02 bits per heavy atom. The molecule has 268 valence electrons. The van der Waals surface area contributed by atoms with Crippen molar-refractivity contribution in [1.82, 2.24) is 9.97 Å². The third-order valence-corrected chi connectivity index (χ3v) is 20.5. The predicted molar refractivity (Wildman–Crippen MR) is 196 cm³/mol. The summed E-state index contributed by atoms with van der Waals surface area (Å²) in [5, 5.41) is 15.8. The molecule has 0 aliphatic carbocycles. The van der Waals surface area contributed by atoms with Crippen LogP contribution >= 0.6 is 0 Å². The van der Waals surface area contributed by atoms with Crippen molar-refractivity contribution < 1.29 is 32.3 Å². The SMILES string of the molecule is CCOc1nc(NC(=O)C(C)C)nc2c1N=CC2[C@@H]1O[C@@H]2CO[Si](C(C)C)(C(C)C)O[Si](C(C)C)(C(C)C)O[C@H]2[C@@]1(O)C#C[Si](C)(C)C. The number of rotatable bonds is 9. The first-order valence-corrected chi connectivity index (χ1v) is 25.0. The summed E-state index contributed by atoms with van der Waals surface area (Å²) in [5.74, 6) is 2.54. The molecule has 0 aromatic carbocycles. The molecule has 1 amide bonds. The van der Waals surface area contributed by atoms with Gasteiger partial charge in [-0.15, -0.1) is 5.54 Å². The van der Waals surface area contributed by atoms with Gasteiger partial charge in [0.2, 0.25) is 17.7 Å². The molecule has 1 aromatic heterocycles. The van der Waals surface area contributed by atoms with E-state index < -0.39 is 55.0 Å². The van der Waals surface area contributed by atoms with Crippen LogP contribution in [0.25, 0.3) is 0 Å². The number of aliphatic hydroxyl groups is 1. The number of hydrogen-bond donors (Lipinski definition) is 2. The summed E-state index contributed by atoms with van der Waals surface area (Å²) in [5.41, 5.74) is 3.04. The maximum absolute atomic E-state index is 13.0. The summed E-state index contributed by atoms with van der Waals surface area (Å²) >= 11 is 0. The van der Waals surface area contributed by atoms with Gasteiger partial charge in [-0.25, -0.2) is 4.98 Å². The van der Waals surface area contributed by atoms with E-state index in [1.165, 1.54) is 0 Å². The van der Waals surface area contributed by atoms with Crippen molar-refractivity contribution in [1.29, 1.82) is 0 Å². The standard InChI is InChI=1S/C34H58N4O7Si3/c1-15-41-32-28-27(36-33(38-32)37-31(39)20(2)3)25(18-35-28)29-34(40,16-17-46(12,13)14)30-26(43-29)19-42-47(21(4)5,22(6)7)45-48(44-30,23(8)9)24(10)11/h18,20-26,29-30,40H,15,19H2,1-14H3,(H,36,37,38,39)/t25?,26-,29+,30-,34-/m1/s1. The molecule has 0 bridgehead atoms. The van der Waals surface area contributed by atoms with Gasteiger partial charge in [0.15, 0.2) is 5.60 Å². The third-order valence-electron chi connectivity index (χ3n) is 9.41. The number of ether oxygens (including phenoxy) is 2. The van der Waals surface area contributed by atoms with Crippen molar-refractivity contribution in [2.45, 2.75) is 148 Å². The van der Waals surface area contributed by atoms with Gasteiger partial charge in [0.05, 0.1) is 24.8 Å². The minimum atomic E-state index is -3.12. The Hall–Kier alpha value is -1.97. The molecule has 0 saturated carbocycles. The average Bonchev–Trinajstić information content (AvgIpc) is 3.49. The van der Waals surface area contributed by atoms with E-state index >= 15 is 0 Å². The monoisotopic (exact) mass is 718 g/mol. The molecule has 0 radical (unpaired) electrons. The lowest BCUT2D eigenvalue weighted by molar-refractivity contribution is -0.118. The molecule has 2 saturated heterocycles. The zero-order chi connectivity index (χ0) is 36.0. The number of nitrogens with one attached hydrogen (secondary N) is 1. The van der Waals surface area contributed by atoms with Crippen molar-refractivity contribution in [3.05, 3.63) is 5.69 Å². The van der Waals surface area contributed by atoms with Crippen molar-refractivity contribution >= 4 is 49.0 Å². The second-order valence-electron chi connectivity index (χ2n) is 15.9. The molecule has 1 unspecified atom stereocenters. The van der Waals surface area contributed by atoms with Crippen molar-refractivity contribution in [2.24, 2.45) is 10.9 Å². The smallest absolute Gasteiger partial charge is 0.335 e. The Bertz CT molecular complexity index is 1420. The number of nitrogens with zero attached hydrogens (tertiary/aromatic N) is 3. The minimum Gasteiger partial charge on any atom is -0.476 e. The highest BCUT2D eigenvalue weighted by atomic mass is 28.5. The topological polar surface area (TPSA) is 134 Å². The highest BCUT2D eigenvalue weighted by Gasteiger charge is 2.66. The Labute approximate surface area is 290 Å². The van der Waals surface area contributed by atoms with Crippen LogP contribution in [-0.2, 0) is 22.5 Å².